The van der Waals surface area contributed by atoms with Crippen molar-refractivity contribution in [3.8, 4) is 11.1 Å². The summed E-state index contributed by atoms with van der Waals surface area (Å²) in [5, 5.41) is 3.16. The van der Waals surface area contributed by atoms with Gasteiger partial charge in [-0.15, -0.1) is 0 Å². The minimum atomic E-state index is -0.500. The summed E-state index contributed by atoms with van der Waals surface area (Å²) < 4.78 is 0. The maximum absolute atomic E-state index is 6.58. The van der Waals surface area contributed by atoms with E-state index >= 15 is 0 Å². The summed E-state index contributed by atoms with van der Waals surface area (Å²) >= 11 is 6.58. The molecule has 0 aromatic heterocycles. The normalized spacial score (nSPS) is 12.5. The Morgan fingerprint density at radius 3 is 1.29 bits per heavy atom. The molecule has 0 unspecified atom stereocenters. The van der Waals surface area contributed by atoms with E-state index in [0.717, 1.165) is 34.1 Å². The van der Waals surface area contributed by atoms with Gasteiger partial charge in [0.2, 0.25) is 0 Å². The van der Waals surface area contributed by atoms with Crippen LogP contribution in [0.5, 0.6) is 0 Å². The minimum Gasteiger partial charge on any atom is -0.310 e. The van der Waals surface area contributed by atoms with E-state index in [9.17, 15) is 0 Å². The first-order chi connectivity index (χ1) is 27.7. The molecular weight excluding hydrogens is 700 g/mol. The maximum Gasteiger partial charge on any atom is 0.0713 e. The van der Waals surface area contributed by atoms with Crippen LogP contribution in [0.2, 0.25) is 5.02 Å². The lowest BCUT2D eigenvalue weighted by atomic mass is 9.67. The summed E-state index contributed by atoms with van der Waals surface area (Å²) in [4.78, 5) is 4.63. The third-order valence-electron chi connectivity index (χ3n) is 11.1. The van der Waals surface area contributed by atoms with Crippen LogP contribution in [0.4, 0.5) is 34.1 Å². The summed E-state index contributed by atoms with van der Waals surface area (Å²) in [6, 6.07) is 80.6. The standard InChI is InChI=1S/C53H37ClN2/c54-42-23-15-28-45(35-42)55(43-24-9-3-10-25-43)46-29-16-30-47(36-46)56(44-26-11-4-12-27-44)48-31-32-51-50(37-48)49-33-38-17-13-14-18-39(38)34-52(49)53(51,40-19-5-1-6-20-40)41-21-7-2-8-22-41/h1-37H. The molecule has 56 heavy (non-hydrogen) atoms. The first kappa shape index (κ1) is 33.7. The highest BCUT2D eigenvalue weighted by Gasteiger charge is 2.46. The van der Waals surface area contributed by atoms with Gasteiger partial charge in [-0.05, 0) is 129 Å². The molecule has 0 amide bonds. The number of hydrogen-bond acceptors (Lipinski definition) is 2. The Balaban J connectivity index is 1.21. The second kappa shape index (κ2) is 14.1. The molecule has 0 radical (unpaired) electrons. The Labute approximate surface area is 333 Å². The van der Waals surface area contributed by atoms with Crippen LogP contribution in [0, 0.1) is 0 Å². The van der Waals surface area contributed by atoms with Crippen molar-refractivity contribution in [3.63, 3.8) is 0 Å². The summed E-state index contributed by atoms with van der Waals surface area (Å²) in [5.74, 6) is 0. The molecule has 0 bridgehead atoms. The van der Waals surface area contributed by atoms with Crippen molar-refractivity contribution < 1.29 is 0 Å². The lowest BCUT2D eigenvalue weighted by molar-refractivity contribution is 0.769. The van der Waals surface area contributed by atoms with Crippen molar-refractivity contribution in [3.05, 3.63) is 252 Å². The zero-order valence-corrected chi connectivity index (χ0v) is 31.4. The fraction of sp³-hybridized carbons (Fsp3) is 0.0189. The lowest BCUT2D eigenvalue weighted by Gasteiger charge is -2.34. The number of rotatable bonds is 8. The summed E-state index contributed by atoms with van der Waals surface area (Å²) in [5.41, 5.74) is 13.4. The van der Waals surface area contributed by atoms with Crippen LogP contribution in [0.25, 0.3) is 21.9 Å². The van der Waals surface area contributed by atoms with Crippen molar-refractivity contribution in [1.82, 2.24) is 0 Å². The van der Waals surface area contributed by atoms with Gasteiger partial charge in [0.15, 0.2) is 0 Å². The van der Waals surface area contributed by atoms with Gasteiger partial charge < -0.3 is 9.80 Å². The van der Waals surface area contributed by atoms with E-state index in [-0.39, 0.29) is 0 Å². The third-order valence-corrected chi connectivity index (χ3v) is 11.3. The van der Waals surface area contributed by atoms with Crippen molar-refractivity contribution in [2.75, 3.05) is 9.80 Å². The molecule has 0 spiro atoms. The van der Waals surface area contributed by atoms with E-state index in [4.69, 9.17) is 11.6 Å². The molecule has 0 saturated carbocycles. The molecule has 3 heteroatoms. The molecule has 0 fully saturated rings. The van der Waals surface area contributed by atoms with Crippen LogP contribution in [0.1, 0.15) is 22.3 Å². The molecular formula is C53H37ClN2. The quantitative estimate of drug-likeness (QED) is 0.153. The van der Waals surface area contributed by atoms with Crippen molar-refractivity contribution in [2.24, 2.45) is 0 Å². The van der Waals surface area contributed by atoms with Crippen LogP contribution < -0.4 is 9.80 Å². The average molecular weight is 737 g/mol. The van der Waals surface area contributed by atoms with Gasteiger partial charge in [-0.25, -0.2) is 0 Å². The monoisotopic (exact) mass is 736 g/mol. The molecule has 10 rings (SSSR count). The van der Waals surface area contributed by atoms with E-state index in [2.05, 4.69) is 210 Å². The number of halogens is 1. The fourth-order valence-electron chi connectivity index (χ4n) is 8.74. The van der Waals surface area contributed by atoms with E-state index in [1.807, 2.05) is 24.3 Å². The first-order valence-electron chi connectivity index (χ1n) is 19.0. The Bertz CT molecular complexity index is 2780. The van der Waals surface area contributed by atoms with Crippen molar-refractivity contribution in [2.45, 2.75) is 5.41 Å². The Morgan fingerprint density at radius 1 is 0.304 bits per heavy atom. The smallest absolute Gasteiger partial charge is 0.0713 e. The van der Waals surface area contributed by atoms with Gasteiger partial charge in [-0.2, -0.15) is 0 Å². The second-order valence-corrected chi connectivity index (χ2v) is 14.7. The Morgan fingerprint density at radius 2 is 0.732 bits per heavy atom. The van der Waals surface area contributed by atoms with Gasteiger partial charge >= 0.3 is 0 Å². The van der Waals surface area contributed by atoms with Crippen molar-refractivity contribution in [1.29, 1.82) is 0 Å². The summed E-state index contributed by atoms with van der Waals surface area (Å²) in [6.45, 7) is 0. The predicted molar refractivity (Wildman–Crippen MR) is 236 cm³/mol. The van der Waals surface area contributed by atoms with Crippen LogP contribution in [0.15, 0.2) is 224 Å². The topological polar surface area (TPSA) is 6.48 Å². The van der Waals surface area contributed by atoms with Crippen molar-refractivity contribution >= 4 is 56.5 Å². The van der Waals surface area contributed by atoms with Crippen LogP contribution >= 0.6 is 11.6 Å². The minimum absolute atomic E-state index is 0.500. The Hall–Kier alpha value is -6.87. The van der Waals surface area contributed by atoms with E-state index < -0.39 is 5.41 Å². The summed E-state index contributed by atoms with van der Waals surface area (Å²) in [6.07, 6.45) is 0. The van der Waals surface area contributed by atoms with Crippen LogP contribution in [-0.2, 0) is 5.41 Å². The fourth-order valence-corrected chi connectivity index (χ4v) is 8.92. The predicted octanol–water partition coefficient (Wildman–Crippen LogP) is 14.8. The molecule has 0 saturated heterocycles. The molecule has 1 aliphatic rings. The number of para-hydroxylation sites is 2. The zero-order chi connectivity index (χ0) is 37.5. The number of anilines is 6. The molecule has 9 aromatic rings. The number of hydrogen-bond donors (Lipinski definition) is 0. The molecule has 9 aromatic carbocycles. The van der Waals surface area contributed by atoms with Gasteiger partial charge in [0.05, 0.1) is 5.41 Å². The van der Waals surface area contributed by atoms with E-state index in [1.165, 1.54) is 44.2 Å². The zero-order valence-electron chi connectivity index (χ0n) is 30.6. The third kappa shape index (κ3) is 5.66. The summed E-state index contributed by atoms with van der Waals surface area (Å²) in [7, 11) is 0. The average Bonchev–Trinajstić information content (AvgIpc) is 3.54. The van der Waals surface area contributed by atoms with Crippen LogP contribution in [-0.4, -0.2) is 0 Å². The molecule has 0 aliphatic heterocycles. The van der Waals surface area contributed by atoms with E-state index in [0.29, 0.717) is 5.02 Å². The number of benzene rings is 9. The molecule has 2 nitrogen and oxygen atoms in total. The van der Waals surface area contributed by atoms with Gasteiger partial charge in [0.25, 0.3) is 0 Å². The maximum atomic E-state index is 6.58. The first-order valence-corrected chi connectivity index (χ1v) is 19.4. The number of fused-ring (bicyclic) bond motifs is 4. The molecule has 0 atom stereocenters. The van der Waals surface area contributed by atoms with Gasteiger partial charge in [0, 0.05) is 39.1 Å². The Kier molecular flexibility index (Phi) is 8.47. The second-order valence-electron chi connectivity index (χ2n) is 14.3. The highest BCUT2D eigenvalue weighted by Crippen LogP contribution is 2.58. The SMILES string of the molecule is Clc1cccc(N(c2ccccc2)c2cccc(N(c3ccccc3)c3ccc4c(c3)-c3cc5ccccc5cc3C4(c3ccccc3)c3ccccc3)c2)c1. The molecule has 0 heterocycles. The highest BCUT2D eigenvalue weighted by molar-refractivity contribution is 6.30. The molecule has 0 N–H and O–H groups in total. The van der Waals surface area contributed by atoms with Gasteiger partial charge in [-0.1, -0.05) is 151 Å². The van der Waals surface area contributed by atoms with E-state index in [1.54, 1.807) is 0 Å². The highest BCUT2D eigenvalue weighted by atomic mass is 35.5. The van der Waals surface area contributed by atoms with Gasteiger partial charge in [0.1, 0.15) is 0 Å². The number of nitrogens with zero attached hydrogens (tertiary/aromatic N) is 2. The van der Waals surface area contributed by atoms with Gasteiger partial charge in [-0.3, -0.25) is 0 Å². The molecule has 1 aliphatic carbocycles. The largest absolute Gasteiger partial charge is 0.310 e. The lowest BCUT2D eigenvalue weighted by Crippen LogP contribution is -2.28. The molecule has 266 valence electrons. The van der Waals surface area contributed by atoms with Crippen LogP contribution in [0.3, 0.4) is 0 Å².